The number of aromatic nitrogens is 1. The largest absolute Gasteiger partial charge is 0.375 e. The minimum atomic E-state index is -0.115. The molecule has 4 rings (SSSR count). The van der Waals surface area contributed by atoms with Crippen LogP contribution in [0.5, 0.6) is 0 Å². The van der Waals surface area contributed by atoms with Gasteiger partial charge in [0.25, 0.3) is 0 Å². The number of amides is 1. The van der Waals surface area contributed by atoms with Gasteiger partial charge in [0.1, 0.15) is 5.60 Å². The summed E-state index contributed by atoms with van der Waals surface area (Å²) < 4.78 is 11.9. The van der Waals surface area contributed by atoms with E-state index in [0.717, 1.165) is 51.1 Å². The summed E-state index contributed by atoms with van der Waals surface area (Å²) in [5, 5.41) is 0. The van der Waals surface area contributed by atoms with E-state index >= 15 is 0 Å². The van der Waals surface area contributed by atoms with Crippen LogP contribution in [0.25, 0.3) is 0 Å². The lowest BCUT2D eigenvalue weighted by Gasteiger charge is -2.51. The molecule has 1 aliphatic carbocycles. The maximum atomic E-state index is 12.5. The minimum Gasteiger partial charge on any atom is -0.375 e. The second-order valence-electron chi connectivity index (χ2n) is 7.40. The minimum absolute atomic E-state index is 0.115. The van der Waals surface area contributed by atoms with Crippen molar-refractivity contribution < 1.29 is 14.3 Å². The van der Waals surface area contributed by atoms with Crippen molar-refractivity contribution in [1.29, 1.82) is 0 Å². The second kappa shape index (κ2) is 7.26. The van der Waals surface area contributed by atoms with Crippen LogP contribution in [0.4, 0.5) is 0 Å². The average Bonchev–Trinajstić information content (AvgIpc) is 3.27. The summed E-state index contributed by atoms with van der Waals surface area (Å²) in [7, 11) is 0. The van der Waals surface area contributed by atoms with Crippen molar-refractivity contribution in [3.63, 3.8) is 0 Å². The Hall–Kier alpha value is -1.72. The lowest BCUT2D eigenvalue weighted by atomic mass is 9.78. The molecule has 0 aromatic carbocycles. The summed E-state index contributed by atoms with van der Waals surface area (Å²) in [5.41, 5.74) is 0.848. The Balaban J connectivity index is 1.22. The van der Waals surface area contributed by atoms with Crippen LogP contribution in [-0.2, 0) is 20.9 Å². The molecule has 1 aromatic heterocycles. The maximum absolute atomic E-state index is 12.5. The molecule has 1 unspecified atom stereocenters. The molecule has 2 aliphatic heterocycles. The van der Waals surface area contributed by atoms with Crippen LogP contribution in [0, 0.1) is 11.8 Å². The number of ether oxygens (including phenoxy) is 2. The van der Waals surface area contributed by atoms with E-state index in [1.54, 1.807) is 6.20 Å². The normalized spacial score (nSPS) is 24.8. The van der Waals surface area contributed by atoms with Gasteiger partial charge in [-0.3, -0.25) is 9.78 Å². The number of carbonyl (C=O) groups is 1. The monoisotopic (exact) mass is 342 g/mol. The number of carbonyl (C=O) groups excluding carboxylic acids is 1. The fourth-order valence-electron chi connectivity index (χ4n) is 4.26. The lowest BCUT2D eigenvalue weighted by molar-refractivity contribution is -0.169. The number of hydrogen-bond donors (Lipinski definition) is 0. The van der Waals surface area contributed by atoms with Gasteiger partial charge in [-0.1, -0.05) is 18.2 Å². The van der Waals surface area contributed by atoms with Gasteiger partial charge in [-0.25, -0.2) is 0 Å². The molecule has 3 heterocycles. The highest BCUT2D eigenvalue weighted by atomic mass is 16.5. The Morgan fingerprint density at radius 2 is 2.16 bits per heavy atom. The first-order valence-corrected chi connectivity index (χ1v) is 9.32. The first-order chi connectivity index (χ1) is 12.3. The smallest absolute Gasteiger partial charge is 0.226 e. The molecule has 25 heavy (non-hydrogen) atoms. The highest BCUT2D eigenvalue weighted by molar-refractivity contribution is 5.80. The molecule has 1 amide bonds. The molecule has 5 nitrogen and oxygen atoms in total. The van der Waals surface area contributed by atoms with E-state index in [9.17, 15) is 4.79 Å². The van der Waals surface area contributed by atoms with Gasteiger partial charge in [0.2, 0.25) is 5.91 Å². The van der Waals surface area contributed by atoms with Crippen LogP contribution in [0.3, 0.4) is 0 Å². The molecule has 3 aliphatic rings. The van der Waals surface area contributed by atoms with Crippen molar-refractivity contribution in [3.05, 3.63) is 42.2 Å². The van der Waals surface area contributed by atoms with Crippen LogP contribution in [0.1, 0.15) is 31.4 Å². The van der Waals surface area contributed by atoms with E-state index in [0.29, 0.717) is 25.0 Å². The van der Waals surface area contributed by atoms with Gasteiger partial charge in [-0.15, -0.1) is 0 Å². The van der Waals surface area contributed by atoms with Gasteiger partial charge in [0.15, 0.2) is 0 Å². The highest BCUT2D eigenvalue weighted by Gasteiger charge is 2.54. The van der Waals surface area contributed by atoms with Gasteiger partial charge >= 0.3 is 0 Å². The van der Waals surface area contributed by atoms with Gasteiger partial charge in [-0.2, -0.15) is 0 Å². The Bertz CT molecular complexity index is 617. The third kappa shape index (κ3) is 3.48. The van der Waals surface area contributed by atoms with Gasteiger partial charge in [-0.05, 0) is 43.7 Å². The SMILES string of the molecule is O=C(C1CC=CC1)N1CC2(C1)OCCC2CCOCc1ccccn1. The molecular weight excluding hydrogens is 316 g/mol. The number of nitrogens with zero attached hydrogens (tertiary/aromatic N) is 2. The third-order valence-corrected chi connectivity index (χ3v) is 5.77. The average molecular weight is 342 g/mol. The highest BCUT2D eigenvalue weighted by Crippen LogP contribution is 2.42. The summed E-state index contributed by atoms with van der Waals surface area (Å²) >= 11 is 0. The molecule has 1 spiro atoms. The number of allylic oxidation sites excluding steroid dienone is 2. The fraction of sp³-hybridized carbons (Fsp3) is 0.600. The predicted molar refractivity (Wildman–Crippen MR) is 93.7 cm³/mol. The lowest BCUT2D eigenvalue weighted by Crippen LogP contribution is -2.66. The molecule has 1 aromatic rings. The molecule has 2 fully saturated rings. The van der Waals surface area contributed by atoms with E-state index < -0.39 is 0 Å². The van der Waals surface area contributed by atoms with Crippen molar-refractivity contribution in [2.24, 2.45) is 11.8 Å². The van der Waals surface area contributed by atoms with Crippen molar-refractivity contribution in [2.75, 3.05) is 26.3 Å². The topological polar surface area (TPSA) is 51.7 Å². The molecule has 134 valence electrons. The fourth-order valence-corrected chi connectivity index (χ4v) is 4.26. The molecule has 5 heteroatoms. The van der Waals surface area contributed by atoms with Crippen LogP contribution in [0.2, 0.25) is 0 Å². The Morgan fingerprint density at radius 3 is 2.92 bits per heavy atom. The quantitative estimate of drug-likeness (QED) is 0.589. The second-order valence-corrected chi connectivity index (χ2v) is 7.40. The number of hydrogen-bond acceptors (Lipinski definition) is 4. The van der Waals surface area contributed by atoms with E-state index in [1.165, 1.54) is 0 Å². The Morgan fingerprint density at radius 1 is 1.32 bits per heavy atom. The molecule has 2 saturated heterocycles. The molecule has 0 bridgehead atoms. The van der Waals surface area contributed by atoms with Crippen LogP contribution in [-0.4, -0.2) is 47.7 Å². The van der Waals surface area contributed by atoms with Crippen molar-refractivity contribution in [2.45, 2.75) is 37.9 Å². The number of rotatable bonds is 6. The summed E-state index contributed by atoms with van der Waals surface area (Å²) in [5.74, 6) is 0.956. The summed E-state index contributed by atoms with van der Waals surface area (Å²) in [6.07, 6.45) is 9.87. The van der Waals surface area contributed by atoms with Gasteiger partial charge in [0.05, 0.1) is 25.4 Å². The van der Waals surface area contributed by atoms with Crippen molar-refractivity contribution in [1.82, 2.24) is 9.88 Å². The molecule has 0 N–H and O–H groups in total. The summed E-state index contributed by atoms with van der Waals surface area (Å²) in [6.45, 7) is 3.59. The molecule has 0 saturated carbocycles. The standard InChI is InChI=1S/C20H26N2O3/c23-19(16-5-1-2-6-16)22-14-20(15-22)17(9-12-25-20)8-11-24-13-18-7-3-4-10-21-18/h1-4,7,10,16-17H,5-6,8-9,11-15H2. The Labute approximate surface area is 149 Å². The van der Waals surface area contributed by atoms with Gasteiger partial charge < -0.3 is 14.4 Å². The van der Waals surface area contributed by atoms with Crippen molar-refractivity contribution >= 4 is 5.91 Å². The van der Waals surface area contributed by atoms with E-state index in [2.05, 4.69) is 17.1 Å². The Kier molecular flexibility index (Phi) is 4.86. The van der Waals surface area contributed by atoms with Gasteiger partial charge in [0, 0.05) is 25.3 Å². The summed E-state index contributed by atoms with van der Waals surface area (Å²) in [6, 6.07) is 5.87. The third-order valence-electron chi connectivity index (χ3n) is 5.77. The molecule has 1 atom stereocenters. The molecule has 0 radical (unpaired) electrons. The van der Waals surface area contributed by atoms with Crippen LogP contribution >= 0.6 is 0 Å². The van der Waals surface area contributed by atoms with Crippen LogP contribution < -0.4 is 0 Å². The zero-order valence-corrected chi connectivity index (χ0v) is 14.6. The number of pyridine rings is 1. The van der Waals surface area contributed by atoms with E-state index in [-0.39, 0.29) is 11.5 Å². The first kappa shape index (κ1) is 16.7. The maximum Gasteiger partial charge on any atom is 0.226 e. The predicted octanol–water partition coefficient (Wildman–Crippen LogP) is 2.57. The van der Waals surface area contributed by atoms with E-state index in [4.69, 9.17) is 9.47 Å². The molecular formula is C20H26N2O3. The first-order valence-electron chi connectivity index (χ1n) is 9.32. The van der Waals surface area contributed by atoms with Crippen LogP contribution in [0.15, 0.2) is 36.5 Å². The number of likely N-dealkylation sites (tertiary alicyclic amines) is 1. The summed E-state index contributed by atoms with van der Waals surface area (Å²) in [4.78, 5) is 18.8. The zero-order chi connectivity index (χ0) is 17.1. The zero-order valence-electron chi connectivity index (χ0n) is 14.6. The van der Waals surface area contributed by atoms with Crippen molar-refractivity contribution in [3.8, 4) is 0 Å². The van der Waals surface area contributed by atoms with E-state index in [1.807, 2.05) is 23.1 Å².